The fourth-order valence-electron chi connectivity index (χ4n) is 2.81. The zero-order valence-corrected chi connectivity index (χ0v) is 16.6. The van der Waals surface area contributed by atoms with E-state index in [0.29, 0.717) is 11.4 Å². The molecule has 10 heteroatoms. The normalized spacial score (nSPS) is 11.3. The first kappa shape index (κ1) is 21.2. The number of nitriles is 1. The summed E-state index contributed by atoms with van der Waals surface area (Å²) >= 11 is 0. The maximum atomic E-state index is 12.7. The van der Waals surface area contributed by atoms with Gasteiger partial charge in [-0.1, -0.05) is 0 Å². The lowest BCUT2D eigenvalue weighted by molar-refractivity contribution is -0.384. The van der Waals surface area contributed by atoms with E-state index in [4.69, 9.17) is 4.74 Å². The number of nitrogens with zero attached hydrogens (tertiary/aromatic N) is 4. The molecular weight excluding hydrogens is 402 g/mol. The highest BCUT2D eigenvalue weighted by atomic mass is 16.6. The molecule has 0 aliphatic rings. The number of methoxy groups -OCH3 is 1. The van der Waals surface area contributed by atoms with Gasteiger partial charge >= 0.3 is 0 Å². The number of non-ortho nitro benzene ring substituents is 1. The Morgan fingerprint density at radius 1 is 1.23 bits per heavy atom. The molecule has 0 bridgehead atoms. The molecule has 0 radical (unpaired) electrons. The van der Waals surface area contributed by atoms with Crippen molar-refractivity contribution in [1.82, 2.24) is 9.78 Å². The molecule has 0 aliphatic heterocycles. The van der Waals surface area contributed by atoms with Gasteiger partial charge in [-0.05, 0) is 43.3 Å². The first-order valence-electron chi connectivity index (χ1n) is 9.07. The molecule has 2 aromatic carbocycles. The number of anilines is 1. The molecule has 0 spiro atoms. The number of hydrogen-bond acceptors (Lipinski definition) is 7. The molecule has 3 rings (SSSR count). The minimum Gasteiger partial charge on any atom is -0.497 e. The number of ether oxygens (including phenoxy) is 1. The Bertz CT molecular complexity index is 1240. The molecular formula is C21H17N5O5. The lowest BCUT2D eigenvalue weighted by Gasteiger charge is -2.15. The zero-order valence-electron chi connectivity index (χ0n) is 16.6. The molecule has 156 valence electrons. The molecule has 1 heterocycles. The van der Waals surface area contributed by atoms with Gasteiger partial charge in [0.05, 0.1) is 29.0 Å². The summed E-state index contributed by atoms with van der Waals surface area (Å²) < 4.78 is 6.16. The second kappa shape index (κ2) is 8.87. The highest BCUT2D eigenvalue weighted by Crippen LogP contribution is 2.23. The van der Waals surface area contributed by atoms with E-state index < -0.39 is 22.4 Å². The van der Waals surface area contributed by atoms with Crippen molar-refractivity contribution in [1.29, 1.82) is 5.26 Å². The monoisotopic (exact) mass is 419 g/mol. The Balaban J connectivity index is 1.88. The van der Waals surface area contributed by atoms with E-state index in [1.807, 2.05) is 6.07 Å². The summed E-state index contributed by atoms with van der Waals surface area (Å²) in [7, 11) is 1.55. The van der Waals surface area contributed by atoms with Gasteiger partial charge in [0.1, 0.15) is 17.9 Å². The summed E-state index contributed by atoms with van der Waals surface area (Å²) in [4.78, 5) is 35.3. The van der Waals surface area contributed by atoms with Gasteiger partial charge in [-0.15, -0.1) is 0 Å². The maximum Gasteiger partial charge on any atom is 0.270 e. The number of nitrogens with one attached hydrogen (secondary N) is 1. The fraction of sp³-hybridized carbons (Fsp3) is 0.143. The second-order valence-corrected chi connectivity index (χ2v) is 6.49. The largest absolute Gasteiger partial charge is 0.497 e. The summed E-state index contributed by atoms with van der Waals surface area (Å²) in [6, 6.07) is 14.2. The number of benzene rings is 2. The van der Waals surface area contributed by atoms with E-state index >= 15 is 0 Å². The van der Waals surface area contributed by atoms with Gasteiger partial charge in [-0.3, -0.25) is 19.7 Å². The lowest BCUT2D eigenvalue weighted by Crippen LogP contribution is -2.33. The minimum absolute atomic E-state index is 0.0676. The molecule has 1 aromatic heterocycles. The van der Waals surface area contributed by atoms with Crippen molar-refractivity contribution < 1.29 is 14.5 Å². The van der Waals surface area contributed by atoms with Crippen LogP contribution in [0.1, 0.15) is 18.5 Å². The summed E-state index contributed by atoms with van der Waals surface area (Å²) in [6.45, 7) is 1.49. The van der Waals surface area contributed by atoms with Gasteiger partial charge in [0.25, 0.3) is 11.2 Å². The molecule has 1 atom stereocenters. The Hall–Kier alpha value is -4.52. The van der Waals surface area contributed by atoms with Crippen LogP contribution in [-0.4, -0.2) is 27.7 Å². The van der Waals surface area contributed by atoms with E-state index in [-0.39, 0.29) is 16.9 Å². The summed E-state index contributed by atoms with van der Waals surface area (Å²) in [5, 5.41) is 26.9. The van der Waals surface area contributed by atoms with Crippen LogP contribution in [0.4, 0.5) is 11.4 Å². The van der Waals surface area contributed by atoms with Crippen LogP contribution in [0.15, 0.2) is 59.4 Å². The first-order valence-corrected chi connectivity index (χ1v) is 9.07. The summed E-state index contributed by atoms with van der Waals surface area (Å²) in [5.41, 5.74) is 0.488. The third kappa shape index (κ3) is 4.56. The molecule has 0 fully saturated rings. The number of carbonyl (C=O) groups excluding carboxylic acids is 1. The van der Waals surface area contributed by atoms with Crippen LogP contribution < -0.4 is 15.6 Å². The van der Waals surface area contributed by atoms with E-state index in [9.17, 15) is 25.0 Å². The fourth-order valence-corrected chi connectivity index (χ4v) is 2.81. The SMILES string of the molecule is COc1ccc(-c2ccc(=O)n(C(C)C(=O)Nc3ccc([N+](=O)[O-])cc3C#N)n2)cc1. The third-order valence-electron chi connectivity index (χ3n) is 4.55. The van der Waals surface area contributed by atoms with Crippen LogP contribution in [0.3, 0.4) is 0 Å². The molecule has 0 saturated heterocycles. The summed E-state index contributed by atoms with van der Waals surface area (Å²) in [5.74, 6) is 0.0630. The van der Waals surface area contributed by atoms with Gasteiger partial charge in [0.15, 0.2) is 0 Å². The van der Waals surface area contributed by atoms with Gasteiger partial charge in [0, 0.05) is 23.8 Å². The van der Waals surface area contributed by atoms with Crippen LogP contribution in [0.5, 0.6) is 5.75 Å². The van der Waals surface area contributed by atoms with Crippen molar-refractivity contribution in [2.24, 2.45) is 0 Å². The van der Waals surface area contributed by atoms with E-state index in [1.165, 1.54) is 25.1 Å². The quantitative estimate of drug-likeness (QED) is 0.478. The van der Waals surface area contributed by atoms with Crippen molar-refractivity contribution in [2.75, 3.05) is 12.4 Å². The third-order valence-corrected chi connectivity index (χ3v) is 4.55. The number of aromatic nitrogens is 2. The number of nitro benzene ring substituents is 1. The van der Waals surface area contributed by atoms with E-state index in [0.717, 1.165) is 16.3 Å². The lowest BCUT2D eigenvalue weighted by atomic mass is 10.1. The van der Waals surface area contributed by atoms with Crippen LogP contribution in [0.25, 0.3) is 11.3 Å². The van der Waals surface area contributed by atoms with Gasteiger partial charge in [-0.25, -0.2) is 4.68 Å². The average molecular weight is 419 g/mol. The molecule has 1 N–H and O–H groups in total. The Labute approximate surface area is 176 Å². The smallest absolute Gasteiger partial charge is 0.270 e. The van der Waals surface area contributed by atoms with Crippen LogP contribution in [0.2, 0.25) is 0 Å². The minimum atomic E-state index is -1.01. The predicted octanol–water partition coefficient (Wildman–Crippen LogP) is 2.90. The van der Waals surface area contributed by atoms with Crippen molar-refractivity contribution in [3.8, 4) is 23.1 Å². The molecule has 10 nitrogen and oxygen atoms in total. The zero-order chi connectivity index (χ0) is 22.5. The average Bonchev–Trinajstić information content (AvgIpc) is 2.79. The summed E-state index contributed by atoms with van der Waals surface area (Å²) in [6.07, 6.45) is 0. The number of rotatable bonds is 6. The van der Waals surface area contributed by atoms with Gasteiger partial charge < -0.3 is 10.1 Å². The van der Waals surface area contributed by atoms with Crippen molar-refractivity contribution in [3.63, 3.8) is 0 Å². The molecule has 0 aliphatic carbocycles. The highest BCUT2D eigenvalue weighted by molar-refractivity contribution is 5.94. The molecule has 1 unspecified atom stereocenters. The van der Waals surface area contributed by atoms with Crippen LogP contribution >= 0.6 is 0 Å². The Morgan fingerprint density at radius 3 is 2.55 bits per heavy atom. The van der Waals surface area contributed by atoms with E-state index in [2.05, 4.69) is 10.4 Å². The molecule has 31 heavy (non-hydrogen) atoms. The Morgan fingerprint density at radius 2 is 1.94 bits per heavy atom. The second-order valence-electron chi connectivity index (χ2n) is 6.49. The molecule has 0 saturated carbocycles. The van der Waals surface area contributed by atoms with Crippen molar-refractivity contribution in [2.45, 2.75) is 13.0 Å². The van der Waals surface area contributed by atoms with Crippen molar-refractivity contribution in [3.05, 3.63) is 80.6 Å². The van der Waals surface area contributed by atoms with E-state index in [1.54, 1.807) is 37.4 Å². The van der Waals surface area contributed by atoms with Crippen LogP contribution in [0, 0.1) is 21.4 Å². The topological polar surface area (TPSA) is 140 Å². The Kier molecular flexibility index (Phi) is 6.07. The highest BCUT2D eigenvalue weighted by Gasteiger charge is 2.20. The number of amides is 1. The first-order chi connectivity index (χ1) is 14.8. The number of nitro groups is 1. The molecule has 3 aromatic rings. The molecule has 1 amide bonds. The van der Waals surface area contributed by atoms with Crippen LogP contribution in [-0.2, 0) is 4.79 Å². The number of hydrogen-bond donors (Lipinski definition) is 1. The number of carbonyl (C=O) groups is 1. The predicted molar refractivity (Wildman–Crippen MR) is 112 cm³/mol. The van der Waals surface area contributed by atoms with Gasteiger partial charge in [-0.2, -0.15) is 10.4 Å². The van der Waals surface area contributed by atoms with Crippen molar-refractivity contribution >= 4 is 17.3 Å². The maximum absolute atomic E-state index is 12.7. The van der Waals surface area contributed by atoms with Gasteiger partial charge in [0.2, 0.25) is 5.91 Å². The standard InChI is InChI=1S/C21H17N5O5/c1-13(21(28)23-18-8-5-16(26(29)30)11-15(18)12-22)25-20(27)10-9-19(24-25)14-3-6-17(31-2)7-4-14/h3-11,13H,1-2H3,(H,23,28).